The Bertz CT molecular complexity index is 618. The van der Waals surface area contributed by atoms with E-state index in [2.05, 4.69) is 21.2 Å². The molecule has 3 rings (SSSR count). The van der Waals surface area contributed by atoms with E-state index in [1.807, 2.05) is 31.2 Å². The zero-order valence-electron chi connectivity index (χ0n) is 12.4. The van der Waals surface area contributed by atoms with Crippen molar-refractivity contribution in [3.8, 4) is 0 Å². The lowest BCUT2D eigenvalue weighted by Gasteiger charge is -2.34. The summed E-state index contributed by atoms with van der Waals surface area (Å²) in [4.78, 5) is 0. The third kappa shape index (κ3) is 3.17. The summed E-state index contributed by atoms with van der Waals surface area (Å²) in [5.41, 5.74) is 0.339. The Morgan fingerprint density at radius 3 is 2.76 bits per heavy atom. The highest BCUT2D eigenvalue weighted by Crippen LogP contribution is 2.31. The second-order valence-corrected chi connectivity index (χ2v) is 7.18. The monoisotopic (exact) mass is 351 g/mol. The molecule has 1 aromatic carbocycles. The molecule has 114 valence electrons. The van der Waals surface area contributed by atoms with Crippen molar-refractivity contribution in [2.24, 2.45) is 0 Å². The second-order valence-electron chi connectivity index (χ2n) is 6.26. The SMILES string of the molecule is CC(CO)(NC1CCCCC1)c1cc2cc(Br)ccc2o1. The van der Waals surface area contributed by atoms with E-state index in [0.717, 1.165) is 21.2 Å². The molecule has 0 spiro atoms. The number of aliphatic hydroxyl groups excluding tert-OH is 1. The predicted octanol–water partition coefficient (Wildman–Crippen LogP) is 4.33. The van der Waals surface area contributed by atoms with Crippen LogP contribution in [-0.2, 0) is 5.54 Å². The van der Waals surface area contributed by atoms with E-state index >= 15 is 0 Å². The van der Waals surface area contributed by atoms with Crippen molar-refractivity contribution in [3.05, 3.63) is 34.5 Å². The molecule has 0 radical (unpaired) electrons. The molecular formula is C17H22BrNO2. The zero-order valence-corrected chi connectivity index (χ0v) is 13.9. The number of hydrogen-bond donors (Lipinski definition) is 2. The Morgan fingerprint density at radius 2 is 2.05 bits per heavy atom. The first-order valence-electron chi connectivity index (χ1n) is 7.69. The molecule has 0 bridgehead atoms. The molecule has 0 saturated heterocycles. The molecule has 1 unspecified atom stereocenters. The molecule has 0 amide bonds. The summed E-state index contributed by atoms with van der Waals surface area (Å²) in [6.45, 7) is 2.05. The third-order valence-electron chi connectivity index (χ3n) is 4.47. The molecule has 4 heteroatoms. The fourth-order valence-electron chi connectivity index (χ4n) is 3.18. The van der Waals surface area contributed by atoms with E-state index < -0.39 is 5.54 Å². The van der Waals surface area contributed by atoms with Crippen molar-refractivity contribution in [2.75, 3.05) is 6.61 Å². The van der Waals surface area contributed by atoms with E-state index in [-0.39, 0.29) is 6.61 Å². The van der Waals surface area contributed by atoms with Gasteiger partial charge in [0, 0.05) is 15.9 Å². The molecule has 1 saturated carbocycles. The number of aliphatic hydroxyl groups is 1. The zero-order chi connectivity index (χ0) is 14.9. The van der Waals surface area contributed by atoms with E-state index in [4.69, 9.17) is 4.42 Å². The summed E-state index contributed by atoms with van der Waals surface area (Å²) in [6.07, 6.45) is 6.23. The first-order valence-corrected chi connectivity index (χ1v) is 8.48. The molecule has 0 aliphatic heterocycles. The van der Waals surface area contributed by atoms with Crippen LogP contribution in [0.4, 0.5) is 0 Å². The van der Waals surface area contributed by atoms with Crippen molar-refractivity contribution in [3.63, 3.8) is 0 Å². The maximum Gasteiger partial charge on any atom is 0.134 e. The molecule has 1 heterocycles. The maximum absolute atomic E-state index is 9.92. The van der Waals surface area contributed by atoms with Crippen LogP contribution in [0, 0.1) is 0 Å². The Balaban J connectivity index is 1.88. The fraction of sp³-hybridized carbons (Fsp3) is 0.529. The van der Waals surface area contributed by atoms with Crippen molar-refractivity contribution < 1.29 is 9.52 Å². The van der Waals surface area contributed by atoms with Crippen molar-refractivity contribution >= 4 is 26.9 Å². The van der Waals surface area contributed by atoms with Crippen molar-refractivity contribution in [2.45, 2.75) is 50.6 Å². The van der Waals surface area contributed by atoms with Crippen LogP contribution in [0.2, 0.25) is 0 Å². The van der Waals surface area contributed by atoms with Crippen LogP contribution in [-0.4, -0.2) is 17.8 Å². The first-order chi connectivity index (χ1) is 10.1. The van der Waals surface area contributed by atoms with Gasteiger partial charge in [0.15, 0.2) is 0 Å². The number of furan rings is 1. The summed E-state index contributed by atoms with van der Waals surface area (Å²) in [6, 6.07) is 8.48. The number of halogens is 1. The van der Waals surface area contributed by atoms with Crippen LogP contribution in [0.1, 0.15) is 44.8 Å². The summed E-state index contributed by atoms with van der Waals surface area (Å²) >= 11 is 3.48. The number of benzene rings is 1. The van der Waals surface area contributed by atoms with Gasteiger partial charge in [-0.2, -0.15) is 0 Å². The normalized spacial score (nSPS) is 19.8. The van der Waals surface area contributed by atoms with Crippen LogP contribution < -0.4 is 5.32 Å². The Labute approximate surface area is 133 Å². The smallest absolute Gasteiger partial charge is 0.134 e. The quantitative estimate of drug-likeness (QED) is 0.861. The minimum absolute atomic E-state index is 0.0322. The van der Waals surface area contributed by atoms with Gasteiger partial charge in [-0.15, -0.1) is 0 Å². The van der Waals surface area contributed by atoms with Crippen LogP contribution in [0.15, 0.2) is 33.2 Å². The number of hydrogen-bond acceptors (Lipinski definition) is 3. The van der Waals surface area contributed by atoms with Crippen molar-refractivity contribution in [1.29, 1.82) is 0 Å². The van der Waals surface area contributed by atoms with Gasteiger partial charge in [0.2, 0.25) is 0 Å². The molecule has 1 aromatic heterocycles. The minimum atomic E-state index is -0.520. The lowest BCUT2D eigenvalue weighted by atomic mass is 9.91. The third-order valence-corrected chi connectivity index (χ3v) is 4.96. The van der Waals surface area contributed by atoms with E-state index in [1.165, 1.54) is 32.1 Å². The van der Waals surface area contributed by atoms with Gasteiger partial charge in [0.1, 0.15) is 11.3 Å². The largest absolute Gasteiger partial charge is 0.459 e. The van der Waals surface area contributed by atoms with Crippen LogP contribution in [0.3, 0.4) is 0 Å². The number of fused-ring (bicyclic) bond motifs is 1. The highest BCUT2D eigenvalue weighted by molar-refractivity contribution is 9.10. The maximum atomic E-state index is 9.92. The molecule has 1 atom stereocenters. The van der Waals surface area contributed by atoms with Gasteiger partial charge < -0.3 is 14.8 Å². The van der Waals surface area contributed by atoms with Gasteiger partial charge in [-0.05, 0) is 44.0 Å². The van der Waals surface area contributed by atoms with Gasteiger partial charge >= 0.3 is 0 Å². The Morgan fingerprint density at radius 1 is 1.29 bits per heavy atom. The topological polar surface area (TPSA) is 45.4 Å². The Hall–Kier alpha value is -0.840. The van der Waals surface area contributed by atoms with Crippen LogP contribution >= 0.6 is 15.9 Å². The first kappa shape index (κ1) is 15.1. The average Bonchev–Trinajstić information content (AvgIpc) is 2.92. The molecule has 2 aromatic rings. The summed E-state index contributed by atoms with van der Waals surface area (Å²) in [5, 5.41) is 14.6. The summed E-state index contributed by atoms with van der Waals surface area (Å²) in [7, 11) is 0. The molecule has 3 nitrogen and oxygen atoms in total. The molecule has 1 aliphatic carbocycles. The van der Waals surface area contributed by atoms with Gasteiger partial charge in [-0.3, -0.25) is 0 Å². The lowest BCUT2D eigenvalue weighted by Crippen LogP contribution is -2.48. The van der Waals surface area contributed by atoms with Gasteiger partial charge in [0.05, 0.1) is 12.1 Å². The van der Waals surface area contributed by atoms with Gasteiger partial charge in [0.25, 0.3) is 0 Å². The van der Waals surface area contributed by atoms with E-state index in [9.17, 15) is 5.11 Å². The second kappa shape index (κ2) is 6.11. The molecule has 21 heavy (non-hydrogen) atoms. The van der Waals surface area contributed by atoms with Crippen molar-refractivity contribution in [1.82, 2.24) is 5.32 Å². The average molecular weight is 352 g/mol. The summed E-state index contributed by atoms with van der Waals surface area (Å²) < 4.78 is 7.01. The standard InChI is InChI=1S/C17H22BrNO2/c1-17(11-20,19-14-5-3-2-4-6-14)16-10-12-9-13(18)7-8-15(12)21-16/h7-10,14,19-20H,2-6,11H2,1H3. The van der Waals surface area contributed by atoms with E-state index in [0.29, 0.717) is 6.04 Å². The molecule has 1 fully saturated rings. The van der Waals surface area contributed by atoms with Crippen LogP contribution in [0.5, 0.6) is 0 Å². The van der Waals surface area contributed by atoms with Gasteiger partial charge in [-0.1, -0.05) is 35.2 Å². The minimum Gasteiger partial charge on any atom is -0.459 e. The summed E-state index contributed by atoms with van der Waals surface area (Å²) in [5.74, 6) is 0.809. The lowest BCUT2D eigenvalue weighted by molar-refractivity contribution is 0.132. The fourth-order valence-corrected chi connectivity index (χ4v) is 3.56. The van der Waals surface area contributed by atoms with E-state index in [1.54, 1.807) is 0 Å². The Kier molecular flexibility index (Phi) is 4.38. The molecular weight excluding hydrogens is 330 g/mol. The predicted molar refractivity (Wildman–Crippen MR) is 88.4 cm³/mol. The molecule has 1 aliphatic rings. The van der Waals surface area contributed by atoms with Gasteiger partial charge in [-0.25, -0.2) is 0 Å². The molecule has 2 N–H and O–H groups in total. The highest BCUT2D eigenvalue weighted by atomic mass is 79.9. The number of rotatable bonds is 4. The highest BCUT2D eigenvalue weighted by Gasteiger charge is 2.32. The number of nitrogens with one attached hydrogen (secondary N) is 1. The van der Waals surface area contributed by atoms with Crippen LogP contribution in [0.25, 0.3) is 11.0 Å².